The van der Waals surface area contributed by atoms with Crippen LogP contribution >= 0.6 is 0 Å². The van der Waals surface area contributed by atoms with E-state index in [4.69, 9.17) is 20.0 Å². The molecule has 3 aliphatic rings. The molecule has 1 fully saturated rings. The summed E-state index contributed by atoms with van der Waals surface area (Å²) in [6.07, 6.45) is 2.92. The Morgan fingerprint density at radius 2 is 1.56 bits per heavy atom. The van der Waals surface area contributed by atoms with Crippen LogP contribution in [0, 0.1) is 0 Å². The smallest absolute Gasteiger partial charge is 0.355 e. The summed E-state index contributed by atoms with van der Waals surface area (Å²) in [5, 5.41) is 5.02. The maximum Gasteiger partial charge on any atom is 0.355 e. The van der Waals surface area contributed by atoms with Crippen LogP contribution in [0.5, 0.6) is 0 Å². The number of rotatable bonds is 4. The number of hydrogen-bond acceptors (Lipinski definition) is 6. The van der Waals surface area contributed by atoms with Crippen molar-refractivity contribution in [3.05, 3.63) is 77.4 Å². The molecule has 2 aromatic rings. The molecule has 2 aliphatic heterocycles. The summed E-state index contributed by atoms with van der Waals surface area (Å²) in [6, 6.07) is 19.1. The van der Waals surface area contributed by atoms with E-state index in [1.54, 1.807) is 4.81 Å². The van der Waals surface area contributed by atoms with Gasteiger partial charge >= 0.3 is 11.9 Å². The van der Waals surface area contributed by atoms with Crippen molar-refractivity contribution in [2.75, 3.05) is 19.1 Å². The number of azo groups is 1. The predicted octanol–water partition coefficient (Wildman–Crippen LogP) is 4.21. The molecule has 1 aliphatic carbocycles. The predicted molar refractivity (Wildman–Crippen MR) is 116 cm³/mol. The van der Waals surface area contributed by atoms with Gasteiger partial charge in [0, 0.05) is 17.8 Å². The second kappa shape index (κ2) is 7.47. The highest BCUT2D eigenvalue weighted by Gasteiger charge is 2.69. The van der Waals surface area contributed by atoms with E-state index in [-0.39, 0.29) is 11.3 Å². The van der Waals surface area contributed by atoms with Crippen molar-refractivity contribution in [2.24, 2.45) is 5.11 Å². The lowest BCUT2D eigenvalue weighted by atomic mass is 9.70. The second-order valence-corrected chi connectivity index (χ2v) is 8.09. The van der Waals surface area contributed by atoms with Gasteiger partial charge in [0.2, 0.25) is 5.69 Å². The number of benzene rings is 2. The standard InChI is InChI=1S/C24H24N4O4/c1-31-21(29)19-20(22(30)32-2)27(17-11-5-3-6-12-17)24-16-10-9-15-23(19,24)25-28(26-24)18-13-7-4-8-14-18/h3-8,11-14H,9-10,15-16H2,1-2H3. The molecule has 0 aromatic heterocycles. The van der Waals surface area contributed by atoms with Crippen LogP contribution in [-0.2, 0) is 19.1 Å². The lowest BCUT2D eigenvalue weighted by Gasteiger charge is -2.49. The molecule has 0 radical (unpaired) electrons. The highest BCUT2D eigenvalue weighted by molar-refractivity contribution is 6.07. The summed E-state index contributed by atoms with van der Waals surface area (Å²) in [4.78, 5) is 29.8. The van der Waals surface area contributed by atoms with Crippen molar-refractivity contribution in [3.8, 4) is 0 Å². The Hall–Kier alpha value is -3.68. The van der Waals surface area contributed by atoms with Gasteiger partial charge in [-0.2, -0.15) is 10.5 Å². The van der Waals surface area contributed by atoms with Crippen LogP contribution in [0.25, 0.3) is 5.43 Å². The number of anilines is 1. The molecule has 164 valence electrons. The van der Waals surface area contributed by atoms with E-state index in [1.165, 1.54) is 14.2 Å². The Morgan fingerprint density at radius 1 is 0.938 bits per heavy atom. The summed E-state index contributed by atoms with van der Waals surface area (Å²) in [7, 11) is 2.63. The largest absolute Gasteiger partial charge is 0.466 e. The molecule has 32 heavy (non-hydrogen) atoms. The van der Waals surface area contributed by atoms with Crippen molar-refractivity contribution in [1.82, 2.24) is 0 Å². The van der Waals surface area contributed by atoms with E-state index >= 15 is 0 Å². The van der Waals surface area contributed by atoms with Gasteiger partial charge in [0.05, 0.1) is 25.3 Å². The minimum absolute atomic E-state index is 0.146. The number of carbonyl (C=O) groups is 2. The van der Waals surface area contributed by atoms with Crippen molar-refractivity contribution in [2.45, 2.75) is 36.9 Å². The minimum atomic E-state index is -1.06. The molecular weight excluding hydrogens is 408 g/mol. The molecule has 0 spiro atoms. The fourth-order valence-corrected chi connectivity index (χ4v) is 5.23. The highest BCUT2D eigenvalue weighted by atomic mass is 16.5. The van der Waals surface area contributed by atoms with Gasteiger partial charge in [-0.25, -0.2) is 9.59 Å². The topological polar surface area (TPSA) is 85.3 Å². The molecule has 2 aromatic carbocycles. The minimum Gasteiger partial charge on any atom is -0.466 e. The number of para-hydroxylation sites is 2. The quantitative estimate of drug-likeness (QED) is 0.534. The number of nitrogens with zero attached hydrogens (tertiary/aromatic N) is 4. The Labute approximate surface area is 186 Å². The lowest BCUT2D eigenvalue weighted by Crippen LogP contribution is -2.58. The first kappa shape index (κ1) is 20.2. The zero-order chi connectivity index (χ0) is 22.3. The molecule has 0 N–H and O–H groups in total. The van der Waals surface area contributed by atoms with Crippen LogP contribution in [0.2, 0.25) is 0 Å². The normalized spacial score (nSPS) is 26.1. The van der Waals surface area contributed by atoms with Gasteiger partial charge in [0.1, 0.15) is 11.4 Å². The molecule has 8 nitrogen and oxygen atoms in total. The Bertz CT molecular complexity index is 1130. The Morgan fingerprint density at radius 3 is 2.22 bits per heavy atom. The van der Waals surface area contributed by atoms with Gasteiger partial charge in [-0.1, -0.05) is 49.2 Å². The van der Waals surface area contributed by atoms with E-state index in [2.05, 4.69) is 0 Å². The van der Waals surface area contributed by atoms with Gasteiger partial charge in [-0.05, 0) is 25.0 Å². The van der Waals surface area contributed by atoms with Gasteiger partial charge < -0.3 is 14.4 Å². The van der Waals surface area contributed by atoms with Crippen molar-refractivity contribution in [1.29, 1.82) is 0 Å². The van der Waals surface area contributed by atoms with Crippen molar-refractivity contribution < 1.29 is 23.9 Å². The molecule has 2 heterocycles. The fraction of sp³-hybridized carbons (Fsp3) is 0.333. The zero-order valence-corrected chi connectivity index (χ0v) is 18.0. The third-order valence-electron chi connectivity index (χ3n) is 6.52. The number of esters is 2. The summed E-state index contributed by atoms with van der Waals surface area (Å²) < 4.78 is 10.3. The van der Waals surface area contributed by atoms with Crippen LogP contribution in [0.1, 0.15) is 25.7 Å². The van der Waals surface area contributed by atoms with Crippen LogP contribution in [0.4, 0.5) is 11.4 Å². The number of methoxy groups -OCH3 is 2. The molecule has 2 unspecified atom stereocenters. The average molecular weight is 432 g/mol. The molecule has 0 bridgehead atoms. The SMILES string of the molecule is COC(=O)C1=C(C(=O)OC)C23CCCCC2([N-][N+](c2ccccc2)=N3)N1c1ccccc1. The summed E-state index contributed by atoms with van der Waals surface area (Å²) in [5.41, 5.74) is 4.94. The first-order chi connectivity index (χ1) is 15.6. The van der Waals surface area contributed by atoms with Gasteiger partial charge in [0.15, 0.2) is 0 Å². The van der Waals surface area contributed by atoms with E-state index in [0.717, 1.165) is 24.2 Å². The van der Waals surface area contributed by atoms with Gasteiger partial charge in [0.25, 0.3) is 0 Å². The Balaban J connectivity index is 1.82. The van der Waals surface area contributed by atoms with Crippen LogP contribution in [0.3, 0.4) is 0 Å². The van der Waals surface area contributed by atoms with Crippen LogP contribution < -0.4 is 4.90 Å². The lowest BCUT2D eigenvalue weighted by molar-refractivity contribution is -0.456. The fourth-order valence-electron chi connectivity index (χ4n) is 5.23. The van der Waals surface area contributed by atoms with E-state index < -0.39 is 23.1 Å². The maximum atomic E-state index is 13.2. The molecule has 2 atom stereocenters. The first-order valence-electron chi connectivity index (χ1n) is 10.7. The molecule has 5 rings (SSSR count). The zero-order valence-electron chi connectivity index (χ0n) is 18.0. The number of ether oxygens (including phenoxy) is 2. The second-order valence-electron chi connectivity index (χ2n) is 8.09. The molecular formula is C24H24N4O4. The average Bonchev–Trinajstić information content (AvgIpc) is 3.32. The van der Waals surface area contributed by atoms with Crippen molar-refractivity contribution >= 4 is 23.3 Å². The number of hydrogen-bond donors (Lipinski definition) is 0. The number of carbonyl (C=O) groups excluding carboxylic acids is 2. The van der Waals surface area contributed by atoms with E-state index in [0.29, 0.717) is 12.8 Å². The molecule has 0 amide bonds. The van der Waals surface area contributed by atoms with Gasteiger partial charge in [-0.3, -0.25) is 0 Å². The van der Waals surface area contributed by atoms with Crippen LogP contribution in [0.15, 0.2) is 77.0 Å². The monoisotopic (exact) mass is 432 g/mol. The van der Waals surface area contributed by atoms with Gasteiger partial charge in [-0.15, -0.1) is 4.81 Å². The van der Waals surface area contributed by atoms with Crippen LogP contribution in [-0.4, -0.2) is 42.2 Å². The molecule has 1 saturated carbocycles. The van der Waals surface area contributed by atoms with E-state index in [9.17, 15) is 9.59 Å². The third-order valence-corrected chi connectivity index (χ3v) is 6.52. The summed E-state index contributed by atoms with van der Waals surface area (Å²) >= 11 is 0. The summed E-state index contributed by atoms with van der Waals surface area (Å²) in [5.74, 6) is -1.20. The maximum absolute atomic E-state index is 13.2. The third kappa shape index (κ3) is 2.62. The van der Waals surface area contributed by atoms with Crippen molar-refractivity contribution in [3.63, 3.8) is 0 Å². The molecule has 8 heteroatoms. The van der Waals surface area contributed by atoms with E-state index in [1.807, 2.05) is 65.6 Å². The Kier molecular flexibility index (Phi) is 4.73. The summed E-state index contributed by atoms with van der Waals surface area (Å²) in [6.45, 7) is 0. The first-order valence-corrected chi connectivity index (χ1v) is 10.7. The highest BCUT2D eigenvalue weighted by Crippen LogP contribution is 2.62. The molecule has 0 saturated heterocycles.